The van der Waals surface area contributed by atoms with E-state index >= 15 is 0 Å². The van der Waals surface area contributed by atoms with Gasteiger partial charge in [-0.25, -0.2) is 0 Å². The number of rotatable bonds is 4. The van der Waals surface area contributed by atoms with Crippen molar-refractivity contribution in [3.63, 3.8) is 0 Å². The predicted molar refractivity (Wildman–Crippen MR) is 29.8 cm³/mol. The van der Waals surface area contributed by atoms with Gasteiger partial charge in [0.2, 0.25) is 0 Å². The number of epoxide rings is 1. The fourth-order valence-electron chi connectivity index (χ4n) is 0.417. The van der Waals surface area contributed by atoms with E-state index in [0.29, 0.717) is 6.61 Å². The predicted octanol–water partition coefficient (Wildman–Crippen LogP) is -1.33. The van der Waals surface area contributed by atoms with Gasteiger partial charge in [-0.2, -0.15) is 0 Å². The largest absolute Gasteiger partial charge is 0.542 e. The Morgan fingerprint density at radius 1 is 1.90 bits per heavy atom. The highest BCUT2D eigenvalue weighted by atomic mass is 16.6. The molecule has 56 valence electrons. The molecule has 1 rings (SSSR count). The molecule has 4 nitrogen and oxygen atoms in total. The second kappa shape index (κ2) is 2.70. The third-order valence-corrected chi connectivity index (χ3v) is 1.07. The molecule has 1 atom stereocenters. The summed E-state index contributed by atoms with van der Waals surface area (Å²) in [6, 6.07) is 0. The first-order valence-electron chi connectivity index (χ1n) is 2.85. The van der Waals surface area contributed by atoms with Crippen LogP contribution in [0.5, 0.6) is 0 Å². The van der Waals surface area contributed by atoms with Crippen molar-refractivity contribution in [3.05, 3.63) is 12.3 Å². The van der Waals surface area contributed by atoms with Crippen LogP contribution in [0.3, 0.4) is 0 Å². The van der Waals surface area contributed by atoms with Crippen molar-refractivity contribution in [3.8, 4) is 0 Å². The summed E-state index contributed by atoms with van der Waals surface area (Å²) in [4.78, 5) is 9.96. The second-order valence-corrected chi connectivity index (χ2v) is 1.98. The van der Waals surface area contributed by atoms with Crippen molar-refractivity contribution in [2.75, 3.05) is 13.2 Å². The first-order valence-corrected chi connectivity index (χ1v) is 2.85. The molecule has 1 aliphatic heterocycles. The summed E-state index contributed by atoms with van der Waals surface area (Å²) in [6.07, 6.45) is 0.0519. The van der Waals surface area contributed by atoms with E-state index in [1.165, 1.54) is 0 Å². The fourth-order valence-corrected chi connectivity index (χ4v) is 0.417. The van der Waals surface area contributed by atoms with Crippen LogP contribution in [0.15, 0.2) is 12.3 Å². The van der Waals surface area contributed by atoms with Crippen LogP contribution in [0.25, 0.3) is 0 Å². The summed E-state index contributed by atoms with van der Waals surface area (Å²) in [7, 11) is 0. The van der Waals surface area contributed by atoms with Gasteiger partial charge in [-0.05, 0) is 0 Å². The summed E-state index contributed by atoms with van der Waals surface area (Å²) in [6.45, 7) is 4.01. The molecule has 0 bridgehead atoms. The molecule has 0 amide bonds. The van der Waals surface area contributed by atoms with Gasteiger partial charge in [-0.1, -0.05) is 6.58 Å². The zero-order valence-electron chi connectivity index (χ0n) is 5.33. The van der Waals surface area contributed by atoms with Crippen molar-refractivity contribution in [1.29, 1.82) is 0 Å². The van der Waals surface area contributed by atoms with E-state index in [4.69, 9.17) is 4.74 Å². The molecule has 0 N–H and O–H groups in total. The molecule has 0 spiro atoms. The fraction of sp³-hybridized carbons (Fsp3) is 0.500. The SMILES string of the molecule is C=C(OCC1CO1)C(=O)[O-]. The monoisotopic (exact) mass is 143 g/mol. The minimum Gasteiger partial charge on any atom is -0.542 e. The quantitative estimate of drug-likeness (QED) is 0.278. The number of carbonyl (C=O) groups excluding carboxylic acids is 1. The first-order chi connectivity index (χ1) is 4.70. The number of hydrogen-bond acceptors (Lipinski definition) is 4. The van der Waals surface area contributed by atoms with Crippen LogP contribution in [0, 0.1) is 0 Å². The molecule has 0 aromatic heterocycles. The van der Waals surface area contributed by atoms with Gasteiger partial charge in [0.15, 0.2) is 0 Å². The Morgan fingerprint density at radius 3 is 2.90 bits per heavy atom. The highest BCUT2D eigenvalue weighted by molar-refractivity contribution is 5.81. The van der Waals surface area contributed by atoms with Crippen molar-refractivity contribution >= 4 is 5.97 Å². The van der Waals surface area contributed by atoms with Crippen LogP contribution in [0.4, 0.5) is 0 Å². The van der Waals surface area contributed by atoms with Gasteiger partial charge in [0.25, 0.3) is 0 Å². The lowest BCUT2D eigenvalue weighted by atomic mass is 10.5. The molecule has 0 radical (unpaired) electrons. The Balaban J connectivity index is 2.11. The van der Waals surface area contributed by atoms with Gasteiger partial charge in [0, 0.05) is 0 Å². The molecule has 0 aliphatic carbocycles. The number of carbonyl (C=O) groups is 1. The minimum absolute atomic E-state index is 0.0519. The van der Waals surface area contributed by atoms with Crippen molar-refractivity contribution < 1.29 is 19.4 Å². The van der Waals surface area contributed by atoms with Crippen molar-refractivity contribution in [1.82, 2.24) is 0 Å². The van der Waals surface area contributed by atoms with E-state index in [1.54, 1.807) is 0 Å². The zero-order chi connectivity index (χ0) is 7.56. The van der Waals surface area contributed by atoms with E-state index in [0.717, 1.165) is 0 Å². The molecule has 1 saturated heterocycles. The van der Waals surface area contributed by atoms with Gasteiger partial charge in [-0.3, -0.25) is 0 Å². The normalized spacial score (nSPS) is 21.8. The highest BCUT2D eigenvalue weighted by Gasteiger charge is 2.23. The van der Waals surface area contributed by atoms with Gasteiger partial charge in [-0.15, -0.1) is 0 Å². The van der Waals surface area contributed by atoms with Crippen LogP contribution in [0.2, 0.25) is 0 Å². The molecular formula is C6H7O4-. The van der Waals surface area contributed by atoms with E-state index in [-0.39, 0.29) is 18.5 Å². The molecule has 4 heteroatoms. The Hall–Kier alpha value is -1.03. The molecule has 1 unspecified atom stereocenters. The topological polar surface area (TPSA) is 61.9 Å². The lowest BCUT2D eigenvalue weighted by Gasteiger charge is -2.06. The summed E-state index contributed by atoms with van der Waals surface area (Å²) in [5.41, 5.74) is 0. The maximum absolute atomic E-state index is 9.96. The Bertz CT molecular complexity index is 159. The van der Waals surface area contributed by atoms with Gasteiger partial charge in [0.1, 0.15) is 24.4 Å². The number of carboxylic acid groups (broad SMARTS) is 1. The van der Waals surface area contributed by atoms with Crippen LogP contribution < -0.4 is 5.11 Å². The van der Waals surface area contributed by atoms with E-state index in [2.05, 4.69) is 11.3 Å². The van der Waals surface area contributed by atoms with Crippen LogP contribution >= 0.6 is 0 Å². The lowest BCUT2D eigenvalue weighted by Crippen LogP contribution is -2.25. The van der Waals surface area contributed by atoms with Crippen LogP contribution in [0.1, 0.15) is 0 Å². The van der Waals surface area contributed by atoms with Gasteiger partial charge >= 0.3 is 0 Å². The minimum atomic E-state index is -1.37. The number of aliphatic carboxylic acids is 1. The third-order valence-electron chi connectivity index (χ3n) is 1.07. The van der Waals surface area contributed by atoms with Crippen LogP contribution in [-0.4, -0.2) is 25.3 Å². The molecule has 0 aromatic carbocycles. The number of hydrogen-bond donors (Lipinski definition) is 0. The molecule has 1 aliphatic rings. The number of ether oxygens (including phenoxy) is 2. The Labute approximate surface area is 58.1 Å². The van der Waals surface area contributed by atoms with E-state index < -0.39 is 5.97 Å². The highest BCUT2D eigenvalue weighted by Crippen LogP contribution is 2.09. The average molecular weight is 143 g/mol. The van der Waals surface area contributed by atoms with Crippen LogP contribution in [-0.2, 0) is 14.3 Å². The standard InChI is InChI=1S/C6H8O4/c1-4(6(7)8)9-2-5-3-10-5/h5H,1-3H2,(H,7,8)/p-1. The molecule has 0 aromatic rings. The summed E-state index contributed by atoms with van der Waals surface area (Å²) >= 11 is 0. The van der Waals surface area contributed by atoms with Crippen molar-refractivity contribution in [2.45, 2.75) is 6.10 Å². The average Bonchev–Trinajstić information content (AvgIpc) is 2.64. The summed E-state index contributed by atoms with van der Waals surface area (Å²) in [5.74, 6) is -1.71. The molecule has 1 fully saturated rings. The smallest absolute Gasteiger partial charge is 0.134 e. The zero-order valence-corrected chi connectivity index (χ0v) is 5.33. The maximum Gasteiger partial charge on any atom is 0.134 e. The third kappa shape index (κ3) is 2.06. The Morgan fingerprint density at radius 2 is 2.50 bits per heavy atom. The maximum atomic E-state index is 9.96. The van der Waals surface area contributed by atoms with E-state index in [1.807, 2.05) is 0 Å². The first kappa shape index (κ1) is 7.08. The lowest BCUT2D eigenvalue weighted by molar-refractivity contribution is -0.303. The number of carboxylic acids is 1. The van der Waals surface area contributed by atoms with Gasteiger partial charge < -0.3 is 19.4 Å². The second-order valence-electron chi connectivity index (χ2n) is 1.98. The van der Waals surface area contributed by atoms with Gasteiger partial charge in [0.05, 0.1) is 6.61 Å². The summed E-state index contributed by atoms with van der Waals surface area (Å²) < 4.78 is 9.41. The Kier molecular flexibility index (Phi) is 1.91. The molecule has 0 saturated carbocycles. The molecule has 10 heavy (non-hydrogen) atoms. The molecule has 1 heterocycles. The molecular weight excluding hydrogens is 136 g/mol. The van der Waals surface area contributed by atoms with E-state index in [9.17, 15) is 9.90 Å². The summed E-state index contributed by atoms with van der Waals surface area (Å²) in [5, 5.41) is 9.96. The van der Waals surface area contributed by atoms with Crippen molar-refractivity contribution in [2.24, 2.45) is 0 Å².